The number of benzene rings is 2. The average molecular weight is 297 g/mol. The lowest BCUT2D eigenvalue weighted by atomic mass is 10.2. The molecular formula is C16H11NO3S. The Morgan fingerprint density at radius 2 is 1.52 bits per heavy atom. The minimum absolute atomic E-state index is 0.349. The number of hydrogen-bond donors (Lipinski definition) is 0. The normalized spacial score (nSPS) is 16.6. The van der Waals surface area contributed by atoms with Crippen LogP contribution in [-0.2, 0) is 4.79 Å². The second-order valence-electron chi connectivity index (χ2n) is 4.29. The van der Waals surface area contributed by atoms with Gasteiger partial charge in [0.25, 0.3) is 0 Å². The summed E-state index contributed by atoms with van der Waals surface area (Å²) in [6, 6.07) is 18.1. The quantitative estimate of drug-likeness (QED) is 0.810. The van der Waals surface area contributed by atoms with E-state index < -0.39 is 11.1 Å². The van der Waals surface area contributed by atoms with Gasteiger partial charge >= 0.3 is 11.1 Å². The number of nitrogens with zero attached hydrogens (tertiary/aromatic N) is 1. The van der Waals surface area contributed by atoms with Crippen LogP contribution in [0, 0.1) is 0 Å². The van der Waals surface area contributed by atoms with Crippen LogP contribution in [0.25, 0.3) is 6.08 Å². The number of carbonyl (C=O) groups is 2. The van der Waals surface area contributed by atoms with Crippen LogP contribution >= 0.6 is 11.8 Å². The number of rotatable bonds is 3. The van der Waals surface area contributed by atoms with Crippen LogP contribution < -0.4 is 4.84 Å². The molecule has 2 amide bonds. The van der Waals surface area contributed by atoms with Crippen molar-refractivity contribution in [1.82, 2.24) is 5.06 Å². The van der Waals surface area contributed by atoms with Gasteiger partial charge in [0.15, 0.2) is 5.75 Å². The van der Waals surface area contributed by atoms with Crippen molar-refractivity contribution >= 4 is 29.0 Å². The summed E-state index contributed by atoms with van der Waals surface area (Å²) in [5, 5.41) is 0.348. The van der Waals surface area contributed by atoms with Gasteiger partial charge in [0.1, 0.15) is 0 Å². The van der Waals surface area contributed by atoms with E-state index in [1.807, 2.05) is 36.4 Å². The third-order valence-corrected chi connectivity index (χ3v) is 3.65. The Morgan fingerprint density at radius 1 is 0.905 bits per heavy atom. The lowest BCUT2D eigenvalue weighted by Crippen LogP contribution is -2.31. The number of para-hydroxylation sites is 1. The molecule has 1 aliphatic heterocycles. The van der Waals surface area contributed by atoms with E-state index in [0.717, 1.165) is 22.4 Å². The molecule has 0 aliphatic carbocycles. The maximum absolute atomic E-state index is 12.2. The lowest BCUT2D eigenvalue weighted by Gasteiger charge is -2.12. The first-order valence-electron chi connectivity index (χ1n) is 6.30. The summed E-state index contributed by atoms with van der Waals surface area (Å²) in [6.45, 7) is 0. The minimum atomic E-state index is -0.447. The zero-order valence-corrected chi connectivity index (χ0v) is 11.7. The molecule has 0 spiro atoms. The standard InChI is InChI=1S/C16H11NO3S/c18-15-14(11-12-7-3-1-4-8-12)21-16(19)17(15)20-13-9-5-2-6-10-13/h1-11H/b14-11+. The lowest BCUT2D eigenvalue weighted by molar-refractivity contribution is -0.139. The largest absolute Gasteiger partial charge is 0.368 e. The zero-order valence-electron chi connectivity index (χ0n) is 10.9. The zero-order chi connectivity index (χ0) is 14.7. The highest BCUT2D eigenvalue weighted by molar-refractivity contribution is 8.18. The highest BCUT2D eigenvalue weighted by atomic mass is 32.2. The molecule has 1 fully saturated rings. The molecule has 0 bridgehead atoms. The Hall–Kier alpha value is -2.53. The highest BCUT2D eigenvalue weighted by Gasteiger charge is 2.37. The van der Waals surface area contributed by atoms with Crippen LogP contribution in [0.3, 0.4) is 0 Å². The van der Waals surface area contributed by atoms with Crippen LogP contribution in [0.2, 0.25) is 0 Å². The molecule has 21 heavy (non-hydrogen) atoms. The number of imide groups is 1. The van der Waals surface area contributed by atoms with Gasteiger partial charge in [0.2, 0.25) is 0 Å². The molecule has 1 saturated heterocycles. The van der Waals surface area contributed by atoms with E-state index in [1.54, 1.807) is 30.3 Å². The molecule has 4 nitrogen and oxygen atoms in total. The van der Waals surface area contributed by atoms with Crippen LogP contribution in [0.5, 0.6) is 5.75 Å². The van der Waals surface area contributed by atoms with Crippen molar-refractivity contribution in [3.05, 3.63) is 71.1 Å². The molecule has 104 valence electrons. The molecule has 0 atom stereocenters. The topological polar surface area (TPSA) is 46.6 Å². The van der Waals surface area contributed by atoms with Crippen molar-refractivity contribution in [1.29, 1.82) is 0 Å². The van der Waals surface area contributed by atoms with Gasteiger partial charge in [-0.3, -0.25) is 9.59 Å². The van der Waals surface area contributed by atoms with E-state index in [0.29, 0.717) is 10.7 Å². The predicted octanol–water partition coefficient (Wildman–Crippen LogP) is 3.72. The second-order valence-corrected chi connectivity index (χ2v) is 5.28. The van der Waals surface area contributed by atoms with Gasteiger partial charge in [-0.05, 0) is 35.5 Å². The van der Waals surface area contributed by atoms with Crippen LogP contribution in [0.4, 0.5) is 4.79 Å². The van der Waals surface area contributed by atoms with Crippen molar-refractivity contribution in [3.63, 3.8) is 0 Å². The van der Waals surface area contributed by atoms with Gasteiger partial charge in [-0.25, -0.2) is 0 Å². The number of thioether (sulfide) groups is 1. The van der Waals surface area contributed by atoms with Gasteiger partial charge in [0.05, 0.1) is 4.91 Å². The third-order valence-electron chi connectivity index (χ3n) is 2.80. The van der Waals surface area contributed by atoms with Crippen LogP contribution in [0.15, 0.2) is 65.6 Å². The fourth-order valence-corrected chi connectivity index (χ4v) is 2.58. The Morgan fingerprint density at radius 3 is 2.19 bits per heavy atom. The first kappa shape index (κ1) is 13.5. The Kier molecular flexibility index (Phi) is 3.75. The van der Waals surface area contributed by atoms with Gasteiger partial charge in [-0.15, -0.1) is 0 Å². The minimum Gasteiger partial charge on any atom is -0.368 e. The van der Waals surface area contributed by atoms with Gasteiger partial charge in [-0.1, -0.05) is 53.6 Å². The van der Waals surface area contributed by atoms with Crippen molar-refractivity contribution in [2.45, 2.75) is 0 Å². The molecule has 1 aliphatic rings. The van der Waals surface area contributed by atoms with Gasteiger partial charge < -0.3 is 4.84 Å². The average Bonchev–Trinajstić information content (AvgIpc) is 2.77. The van der Waals surface area contributed by atoms with E-state index in [-0.39, 0.29) is 0 Å². The maximum atomic E-state index is 12.2. The highest BCUT2D eigenvalue weighted by Crippen LogP contribution is 2.32. The number of hydroxylamine groups is 2. The number of carbonyl (C=O) groups excluding carboxylic acids is 2. The molecule has 0 aromatic heterocycles. The van der Waals surface area contributed by atoms with Crippen molar-refractivity contribution < 1.29 is 14.4 Å². The molecule has 0 radical (unpaired) electrons. The van der Waals surface area contributed by atoms with E-state index >= 15 is 0 Å². The first-order chi connectivity index (χ1) is 10.2. The SMILES string of the molecule is O=C1S/C(=C/c2ccccc2)C(=O)N1Oc1ccccc1. The molecule has 5 heteroatoms. The summed E-state index contributed by atoms with van der Waals surface area (Å²) in [7, 11) is 0. The fraction of sp³-hybridized carbons (Fsp3) is 0. The van der Waals surface area contributed by atoms with Crippen molar-refractivity contribution in [2.75, 3.05) is 0 Å². The smallest absolute Gasteiger partial charge is 0.327 e. The molecule has 3 rings (SSSR count). The molecule has 0 unspecified atom stereocenters. The monoisotopic (exact) mass is 297 g/mol. The number of amides is 2. The molecule has 2 aromatic carbocycles. The maximum Gasteiger partial charge on any atom is 0.327 e. The Labute approximate surface area is 126 Å². The van der Waals surface area contributed by atoms with Crippen LogP contribution in [0.1, 0.15) is 5.56 Å². The van der Waals surface area contributed by atoms with Crippen molar-refractivity contribution in [3.8, 4) is 5.75 Å². The molecule has 0 saturated carbocycles. The number of hydrogen-bond acceptors (Lipinski definition) is 4. The van der Waals surface area contributed by atoms with E-state index in [9.17, 15) is 9.59 Å². The summed E-state index contributed by atoms with van der Waals surface area (Å²) >= 11 is 0.869. The van der Waals surface area contributed by atoms with Gasteiger partial charge in [-0.2, -0.15) is 0 Å². The predicted molar refractivity (Wildman–Crippen MR) is 81.3 cm³/mol. The fourth-order valence-electron chi connectivity index (χ4n) is 1.82. The summed E-state index contributed by atoms with van der Waals surface area (Å²) in [5.41, 5.74) is 0.864. The van der Waals surface area contributed by atoms with E-state index in [1.165, 1.54) is 0 Å². The Balaban J connectivity index is 1.81. The van der Waals surface area contributed by atoms with Crippen LogP contribution in [-0.4, -0.2) is 16.2 Å². The second kappa shape index (κ2) is 5.85. The molecule has 2 aromatic rings. The van der Waals surface area contributed by atoms with Gasteiger partial charge in [0, 0.05) is 0 Å². The first-order valence-corrected chi connectivity index (χ1v) is 7.12. The summed E-state index contributed by atoms with van der Waals surface area (Å²) in [4.78, 5) is 29.8. The van der Waals surface area contributed by atoms with E-state index in [2.05, 4.69) is 0 Å². The third kappa shape index (κ3) is 2.98. The molecule has 0 N–H and O–H groups in total. The summed E-state index contributed by atoms with van der Waals surface area (Å²) in [5.74, 6) is -0.00142. The summed E-state index contributed by atoms with van der Waals surface area (Å²) < 4.78 is 0. The van der Waals surface area contributed by atoms with Crippen molar-refractivity contribution in [2.24, 2.45) is 0 Å². The Bertz CT molecular complexity index is 698. The molecule has 1 heterocycles. The summed E-state index contributed by atoms with van der Waals surface area (Å²) in [6.07, 6.45) is 1.68. The van der Waals surface area contributed by atoms with E-state index in [4.69, 9.17) is 4.84 Å². The molecular weight excluding hydrogens is 286 g/mol.